The number of hydrogen-bond acceptors (Lipinski definition) is 5. The van der Waals surface area contributed by atoms with Crippen molar-refractivity contribution in [3.8, 4) is 11.5 Å². The van der Waals surface area contributed by atoms with Crippen LogP contribution in [0.25, 0.3) is 0 Å². The van der Waals surface area contributed by atoms with Gasteiger partial charge in [0.2, 0.25) is 5.91 Å². The molecule has 0 saturated heterocycles. The van der Waals surface area contributed by atoms with E-state index in [1.807, 2.05) is 0 Å². The standard InChI is InChI=1S/C27H23ClF3N3O5/c1-15(2)24(35)32-13-16-3-9-22(28)20(11-16)25(36)33-17-4-10-23-21(12-17)26(37)34(14-38-23)18-5-7-19(8-6-18)39-27(29,30)31/h3-12,15H,13-14H2,1-2H3,(H,32,35)(H,33,36). The Labute approximate surface area is 226 Å². The summed E-state index contributed by atoms with van der Waals surface area (Å²) in [5, 5.41) is 5.68. The lowest BCUT2D eigenvalue weighted by atomic mass is 10.1. The monoisotopic (exact) mass is 561 g/mol. The summed E-state index contributed by atoms with van der Waals surface area (Å²) in [4.78, 5) is 39.3. The fraction of sp³-hybridized carbons (Fsp3) is 0.222. The maximum atomic E-state index is 13.2. The molecule has 0 aromatic heterocycles. The van der Waals surface area contributed by atoms with E-state index >= 15 is 0 Å². The van der Waals surface area contributed by atoms with E-state index in [9.17, 15) is 27.6 Å². The number of nitrogens with zero attached hydrogens (tertiary/aromatic N) is 1. The van der Waals surface area contributed by atoms with E-state index in [4.69, 9.17) is 16.3 Å². The van der Waals surface area contributed by atoms with Crippen LogP contribution >= 0.6 is 11.6 Å². The minimum Gasteiger partial charge on any atom is -0.472 e. The molecule has 0 aliphatic carbocycles. The third-order valence-corrected chi connectivity index (χ3v) is 6.04. The van der Waals surface area contributed by atoms with Crippen molar-refractivity contribution in [3.63, 3.8) is 0 Å². The number of fused-ring (bicyclic) bond motifs is 1. The molecular formula is C27H23ClF3N3O5. The Hall–Kier alpha value is -4.25. The van der Waals surface area contributed by atoms with Gasteiger partial charge in [-0.05, 0) is 60.2 Å². The van der Waals surface area contributed by atoms with Crippen LogP contribution in [-0.4, -0.2) is 30.8 Å². The number of rotatable bonds is 7. The lowest BCUT2D eigenvalue weighted by Crippen LogP contribution is -2.38. The number of amides is 3. The van der Waals surface area contributed by atoms with Gasteiger partial charge < -0.3 is 20.1 Å². The molecule has 0 fully saturated rings. The zero-order chi connectivity index (χ0) is 28.3. The summed E-state index contributed by atoms with van der Waals surface area (Å²) in [6.45, 7) is 3.60. The van der Waals surface area contributed by atoms with Gasteiger partial charge in [0.25, 0.3) is 11.8 Å². The zero-order valence-electron chi connectivity index (χ0n) is 20.8. The smallest absolute Gasteiger partial charge is 0.472 e. The Bertz CT molecular complexity index is 1410. The van der Waals surface area contributed by atoms with Gasteiger partial charge in [-0.15, -0.1) is 13.2 Å². The SMILES string of the molecule is CC(C)C(=O)NCc1ccc(Cl)c(C(=O)Nc2ccc3c(c2)C(=O)N(c2ccc(OC(F)(F)F)cc2)CO3)c1. The van der Waals surface area contributed by atoms with Crippen molar-refractivity contribution in [2.24, 2.45) is 5.92 Å². The van der Waals surface area contributed by atoms with E-state index in [0.29, 0.717) is 16.9 Å². The highest BCUT2D eigenvalue weighted by Gasteiger charge is 2.32. The number of ether oxygens (including phenoxy) is 2. The Morgan fingerprint density at radius 3 is 2.46 bits per heavy atom. The van der Waals surface area contributed by atoms with Gasteiger partial charge in [-0.1, -0.05) is 31.5 Å². The zero-order valence-corrected chi connectivity index (χ0v) is 21.5. The molecule has 39 heavy (non-hydrogen) atoms. The molecule has 2 N–H and O–H groups in total. The van der Waals surface area contributed by atoms with Crippen LogP contribution in [-0.2, 0) is 11.3 Å². The third-order valence-electron chi connectivity index (χ3n) is 5.71. The number of alkyl halides is 3. The van der Waals surface area contributed by atoms with Crippen molar-refractivity contribution >= 4 is 40.7 Å². The molecular weight excluding hydrogens is 539 g/mol. The summed E-state index contributed by atoms with van der Waals surface area (Å²) in [5.41, 5.74) is 1.58. The lowest BCUT2D eigenvalue weighted by molar-refractivity contribution is -0.274. The molecule has 0 atom stereocenters. The summed E-state index contributed by atoms with van der Waals surface area (Å²) < 4.78 is 46.8. The van der Waals surface area contributed by atoms with Gasteiger partial charge in [0.1, 0.15) is 11.5 Å². The van der Waals surface area contributed by atoms with Gasteiger partial charge in [0.05, 0.1) is 16.1 Å². The molecule has 3 aromatic rings. The van der Waals surface area contributed by atoms with Gasteiger partial charge in [-0.25, -0.2) is 0 Å². The van der Waals surface area contributed by atoms with Crippen LogP contribution in [0, 0.1) is 5.92 Å². The molecule has 1 aliphatic heterocycles. The number of nitrogens with one attached hydrogen (secondary N) is 2. The predicted octanol–water partition coefficient (Wildman–Crippen LogP) is 5.76. The number of benzene rings is 3. The molecule has 3 aromatic carbocycles. The molecule has 204 valence electrons. The summed E-state index contributed by atoms with van der Waals surface area (Å²) in [6, 6.07) is 14.1. The van der Waals surface area contributed by atoms with E-state index < -0.39 is 23.9 Å². The van der Waals surface area contributed by atoms with Crippen molar-refractivity contribution in [1.82, 2.24) is 5.32 Å². The van der Waals surface area contributed by atoms with Gasteiger partial charge in [0, 0.05) is 23.8 Å². The molecule has 1 aliphatic rings. The molecule has 3 amide bonds. The fourth-order valence-electron chi connectivity index (χ4n) is 3.71. The number of anilines is 2. The first-order chi connectivity index (χ1) is 18.4. The highest BCUT2D eigenvalue weighted by atomic mass is 35.5. The van der Waals surface area contributed by atoms with Crippen molar-refractivity contribution < 1.29 is 37.0 Å². The molecule has 0 saturated carbocycles. The Balaban J connectivity index is 1.49. The summed E-state index contributed by atoms with van der Waals surface area (Å²) in [6.07, 6.45) is -4.83. The number of hydrogen-bond donors (Lipinski definition) is 2. The van der Waals surface area contributed by atoms with Gasteiger partial charge in [-0.2, -0.15) is 0 Å². The van der Waals surface area contributed by atoms with Crippen LogP contribution in [0.2, 0.25) is 5.02 Å². The first-order valence-electron chi connectivity index (χ1n) is 11.7. The first kappa shape index (κ1) is 27.8. The van der Waals surface area contributed by atoms with Crippen LogP contribution < -0.4 is 25.0 Å². The number of halogens is 4. The van der Waals surface area contributed by atoms with Crippen molar-refractivity contribution in [1.29, 1.82) is 0 Å². The second-order valence-corrected chi connectivity index (χ2v) is 9.31. The Kier molecular flexibility index (Phi) is 8.01. The van der Waals surface area contributed by atoms with Crippen LogP contribution in [0.4, 0.5) is 24.5 Å². The average molecular weight is 562 g/mol. The summed E-state index contributed by atoms with van der Waals surface area (Å²) in [5.74, 6) is -1.46. The quantitative estimate of drug-likeness (QED) is 0.382. The van der Waals surface area contributed by atoms with E-state index in [1.54, 1.807) is 38.1 Å². The van der Waals surface area contributed by atoms with E-state index in [2.05, 4.69) is 15.4 Å². The Morgan fingerprint density at radius 2 is 1.79 bits per heavy atom. The topological polar surface area (TPSA) is 97.0 Å². The normalized spacial score (nSPS) is 13.0. The maximum absolute atomic E-state index is 13.2. The van der Waals surface area contributed by atoms with Crippen LogP contribution in [0.1, 0.15) is 40.1 Å². The fourth-order valence-corrected chi connectivity index (χ4v) is 3.91. The van der Waals surface area contributed by atoms with E-state index in [0.717, 1.165) is 12.1 Å². The first-order valence-corrected chi connectivity index (χ1v) is 12.1. The highest BCUT2D eigenvalue weighted by Crippen LogP contribution is 2.32. The van der Waals surface area contributed by atoms with E-state index in [1.165, 1.54) is 29.2 Å². The van der Waals surface area contributed by atoms with Gasteiger partial charge >= 0.3 is 6.36 Å². The van der Waals surface area contributed by atoms with Crippen LogP contribution in [0.5, 0.6) is 11.5 Å². The van der Waals surface area contributed by atoms with Crippen molar-refractivity contribution in [2.45, 2.75) is 26.8 Å². The lowest BCUT2D eigenvalue weighted by Gasteiger charge is -2.29. The molecule has 0 bridgehead atoms. The summed E-state index contributed by atoms with van der Waals surface area (Å²) >= 11 is 6.24. The van der Waals surface area contributed by atoms with Crippen molar-refractivity contribution in [2.75, 3.05) is 16.9 Å². The van der Waals surface area contributed by atoms with Crippen LogP contribution in [0.3, 0.4) is 0 Å². The van der Waals surface area contributed by atoms with Crippen molar-refractivity contribution in [3.05, 3.63) is 82.4 Å². The molecule has 8 nitrogen and oxygen atoms in total. The van der Waals surface area contributed by atoms with Gasteiger partial charge in [-0.3, -0.25) is 19.3 Å². The van der Waals surface area contributed by atoms with E-state index in [-0.39, 0.29) is 47.0 Å². The summed E-state index contributed by atoms with van der Waals surface area (Å²) in [7, 11) is 0. The maximum Gasteiger partial charge on any atom is 0.573 e. The molecule has 0 spiro atoms. The number of carbonyl (C=O) groups is 3. The molecule has 1 heterocycles. The molecule has 0 radical (unpaired) electrons. The predicted molar refractivity (Wildman–Crippen MR) is 138 cm³/mol. The second kappa shape index (κ2) is 11.2. The molecule has 0 unspecified atom stereocenters. The Morgan fingerprint density at radius 1 is 1.08 bits per heavy atom. The second-order valence-electron chi connectivity index (χ2n) is 8.90. The average Bonchev–Trinajstić information content (AvgIpc) is 2.88. The third kappa shape index (κ3) is 6.80. The van der Waals surface area contributed by atoms with Crippen LogP contribution in [0.15, 0.2) is 60.7 Å². The minimum atomic E-state index is -4.83. The molecule has 4 rings (SSSR count). The molecule has 12 heteroatoms. The minimum absolute atomic E-state index is 0.128. The largest absolute Gasteiger partial charge is 0.573 e. The highest BCUT2D eigenvalue weighted by molar-refractivity contribution is 6.34. The van der Waals surface area contributed by atoms with Gasteiger partial charge in [0.15, 0.2) is 6.73 Å². The number of carbonyl (C=O) groups excluding carboxylic acids is 3.